The van der Waals surface area contributed by atoms with Gasteiger partial charge in [0.25, 0.3) is 0 Å². The van der Waals surface area contributed by atoms with Crippen molar-refractivity contribution < 1.29 is 9.53 Å². The molecule has 4 rings (SSSR count). The molecule has 1 aromatic rings. The number of ether oxygens (including phenoxy) is 1. The molecule has 3 atom stereocenters. The third kappa shape index (κ3) is 2.06. The second kappa shape index (κ2) is 4.74. The fraction of sp³-hybridized carbons (Fsp3) is 0.600. The zero-order valence-corrected chi connectivity index (χ0v) is 11.4. The minimum atomic E-state index is 0.0795. The van der Waals surface area contributed by atoms with E-state index in [-0.39, 0.29) is 5.91 Å². The van der Waals surface area contributed by atoms with Gasteiger partial charge in [0.15, 0.2) is 5.82 Å². The van der Waals surface area contributed by atoms with Crippen molar-refractivity contribution in [1.29, 1.82) is 0 Å². The Morgan fingerprint density at radius 3 is 3.20 bits per heavy atom. The lowest BCUT2D eigenvalue weighted by molar-refractivity contribution is -0.117. The van der Waals surface area contributed by atoms with E-state index in [1.54, 1.807) is 0 Å². The van der Waals surface area contributed by atoms with Crippen LogP contribution in [0.4, 0.5) is 5.82 Å². The number of amides is 1. The Kier molecular flexibility index (Phi) is 2.88. The van der Waals surface area contributed by atoms with Crippen molar-refractivity contribution in [3.05, 3.63) is 23.4 Å². The average Bonchev–Trinajstić information content (AvgIpc) is 3.14. The molecule has 1 aliphatic heterocycles. The number of aromatic nitrogens is 2. The first kappa shape index (κ1) is 12.1. The van der Waals surface area contributed by atoms with Gasteiger partial charge in [0.1, 0.15) is 0 Å². The van der Waals surface area contributed by atoms with Crippen molar-refractivity contribution in [2.45, 2.75) is 32.3 Å². The number of H-pyrrole nitrogens is 1. The Morgan fingerprint density at radius 1 is 1.45 bits per heavy atom. The first-order chi connectivity index (χ1) is 9.79. The van der Waals surface area contributed by atoms with Gasteiger partial charge in [0.2, 0.25) is 5.91 Å². The molecule has 3 aliphatic rings. The molecule has 5 nitrogen and oxygen atoms in total. The molecular weight excluding hydrogens is 254 g/mol. The van der Waals surface area contributed by atoms with Gasteiger partial charge >= 0.3 is 0 Å². The SMILES string of the molecule is O=C(CC1CC2C=CC1C2)Nc1n[nH]c2c1COCC2. The Bertz CT molecular complexity index is 563. The van der Waals surface area contributed by atoms with E-state index in [4.69, 9.17) is 4.74 Å². The summed E-state index contributed by atoms with van der Waals surface area (Å²) in [7, 11) is 0. The molecule has 1 saturated carbocycles. The van der Waals surface area contributed by atoms with Crippen LogP contribution in [0.5, 0.6) is 0 Å². The van der Waals surface area contributed by atoms with Gasteiger partial charge in [-0.05, 0) is 30.6 Å². The highest BCUT2D eigenvalue weighted by molar-refractivity contribution is 5.90. The van der Waals surface area contributed by atoms with Crippen LogP contribution in [0.3, 0.4) is 0 Å². The van der Waals surface area contributed by atoms with Crippen LogP contribution in [0.2, 0.25) is 0 Å². The molecule has 0 spiro atoms. The number of hydrogen-bond acceptors (Lipinski definition) is 3. The molecule has 0 radical (unpaired) electrons. The van der Waals surface area contributed by atoms with Crippen LogP contribution in [0.15, 0.2) is 12.2 Å². The average molecular weight is 273 g/mol. The third-order valence-electron chi connectivity index (χ3n) is 4.82. The van der Waals surface area contributed by atoms with Crippen LogP contribution in [-0.2, 0) is 22.6 Å². The van der Waals surface area contributed by atoms with Crippen molar-refractivity contribution >= 4 is 11.7 Å². The highest BCUT2D eigenvalue weighted by atomic mass is 16.5. The van der Waals surface area contributed by atoms with Crippen molar-refractivity contribution in [3.63, 3.8) is 0 Å². The summed E-state index contributed by atoms with van der Waals surface area (Å²) in [5, 5.41) is 10.2. The van der Waals surface area contributed by atoms with Crippen molar-refractivity contribution in [2.24, 2.45) is 17.8 Å². The van der Waals surface area contributed by atoms with Crippen LogP contribution in [-0.4, -0.2) is 22.7 Å². The Morgan fingerprint density at radius 2 is 2.40 bits per heavy atom. The summed E-state index contributed by atoms with van der Waals surface area (Å²) in [5.74, 6) is 2.57. The normalized spacial score (nSPS) is 30.5. The topological polar surface area (TPSA) is 67.0 Å². The van der Waals surface area contributed by atoms with E-state index >= 15 is 0 Å². The lowest BCUT2D eigenvalue weighted by Gasteiger charge is -2.17. The number of carbonyl (C=O) groups is 1. The van der Waals surface area contributed by atoms with Gasteiger partial charge < -0.3 is 10.1 Å². The Labute approximate surface area is 117 Å². The van der Waals surface area contributed by atoms with Crippen LogP contribution >= 0.6 is 0 Å². The van der Waals surface area contributed by atoms with Crippen LogP contribution in [0, 0.1) is 17.8 Å². The number of nitrogens with zero attached hydrogens (tertiary/aromatic N) is 1. The molecule has 106 valence electrons. The van der Waals surface area contributed by atoms with E-state index in [0.29, 0.717) is 36.6 Å². The maximum Gasteiger partial charge on any atom is 0.225 e. The fourth-order valence-corrected chi connectivity index (χ4v) is 3.77. The second-order valence-electron chi connectivity index (χ2n) is 6.12. The molecule has 5 heteroatoms. The molecule has 1 aromatic heterocycles. The maximum atomic E-state index is 12.2. The zero-order chi connectivity index (χ0) is 13.5. The molecule has 0 aromatic carbocycles. The van der Waals surface area contributed by atoms with E-state index in [0.717, 1.165) is 30.7 Å². The van der Waals surface area contributed by atoms with Gasteiger partial charge in [0.05, 0.1) is 13.2 Å². The van der Waals surface area contributed by atoms with Gasteiger partial charge in [-0.3, -0.25) is 9.89 Å². The first-order valence-corrected chi connectivity index (χ1v) is 7.41. The van der Waals surface area contributed by atoms with Gasteiger partial charge in [-0.15, -0.1) is 0 Å². The minimum absolute atomic E-state index is 0.0795. The number of fused-ring (bicyclic) bond motifs is 3. The van der Waals surface area contributed by atoms with Crippen molar-refractivity contribution in [1.82, 2.24) is 10.2 Å². The lowest BCUT2D eigenvalue weighted by Crippen LogP contribution is -2.20. The van der Waals surface area contributed by atoms with Gasteiger partial charge in [-0.2, -0.15) is 5.10 Å². The number of carbonyl (C=O) groups excluding carboxylic acids is 1. The minimum Gasteiger partial charge on any atom is -0.376 e. The monoisotopic (exact) mass is 273 g/mol. The van der Waals surface area contributed by atoms with E-state index in [1.807, 2.05) is 0 Å². The van der Waals surface area contributed by atoms with Gasteiger partial charge in [0, 0.05) is 24.1 Å². The molecule has 1 amide bonds. The summed E-state index contributed by atoms with van der Waals surface area (Å²) in [4.78, 5) is 12.2. The highest BCUT2D eigenvalue weighted by Gasteiger charge is 2.36. The third-order valence-corrected chi connectivity index (χ3v) is 4.82. The molecule has 20 heavy (non-hydrogen) atoms. The molecule has 2 aliphatic carbocycles. The van der Waals surface area contributed by atoms with Crippen LogP contribution < -0.4 is 5.32 Å². The number of aromatic amines is 1. The molecule has 1 fully saturated rings. The van der Waals surface area contributed by atoms with Crippen LogP contribution in [0.1, 0.15) is 30.5 Å². The Balaban J connectivity index is 1.40. The van der Waals surface area contributed by atoms with Crippen molar-refractivity contribution in [2.75, 3.05) is 11.9 Å². The van der Waals surface area contributed by atoms with E-state index in [9.17, 15) is 4.79 Å². The quantitative estimate of drug-likeness (QED) is 0.828. The van der Waals surface area contributed by atoms with E-state index < -0.39 is 0 Å². The predicted octanol–water partition coefficient (Wildman–Crippen LogP) is 2.02. The maximum absolute atomic E-state index is 12.2. The van der Waals surface area contributed by atoms with E-state index in [2.05, 4.69) is 27.7 Å². The number of anilines is 1. The summed E-state index contributed by atoms with van der Waals surface area (Å²) >= 11 is 0. The molecular formula is C15H19N3O2. The van der Waals surface area contributed by atoms with Gasteiger partial charge in [-0.1, -0.05) is 12.2 Å². The smallest absolute Gasteiger partial charge is 0.225 e. The zero-order valence-electron chi connectivity index (χ0n) is 11.4. The number of hydrogen-bond donors (Lipinski definition) is 2. The summed E-state index contributed by atoms with van der Waals surface area (Å²) in [6, 6.07) is 0. The first-order valence-electron chi connectivity index (χ1n) is 7.41. The summed E-state index contributed by atoms with van der Waals surface area (Å²) in [6.45, 7) is 1.26. The number of rotatable bonds is 3. The van der Waals surface area contributed by atoms with Gasteiger partial charge in [-0.25, -0.2) is 0 Å². The summed E-state index contributed by atoms with van der Waals surface area (Å²) in [5.41, 5.74) is 2.10. The largest absolute Gasteiger partial charge is 0.376 e. The number of allylic oxidation sites excluding steroid dienone is 2. The molecule has 0 saturated heterocycles. The van der Waals surface area contributed by atoms with E-state index in [1.165, 1.54) is 6.42 Å². The fourth-order valence-electron chi connectivity index (χ4n) is 3.77. The Hall–Kier alpha value is -1.62. The summed E-state index contributed by atoms with van der Waals surface area (Å²) < 4.78 is 5.43. The highest BCUT2D eigenvalue weighted by Crippen LogP contribution is 2.44. The molecule has 3 unspecified atom stereocenters. The molecule has 2 heterocycles. The molecule has 2 N–H and O–H groups in total. The van der Waals surface area contributed by atoms with Crippen molar-refractivity contribution in [3.8, 4) is 0 Å². The summed E-state index contributed by atoms with van der Waals surface area (Å²) in [6.07, 6.45) is 8.44. The second-order valence-corrected chi connectivity index (χ2v) is 6.12. The predicted molar refractivity (Wildman–Crippen MR) is 74.0 cm³/mol. The standard InChI is InChI=1S/C15H19N3O2/c19-14(7-11-6-9-1-2-10(11)5-9)16-15-12-8-20-4-3-13(12)17-18-15/h1-2,9-11H,3-8H2,(H2,16,17,18,19). The van der Waals surface area contributed by atoms with Crippen LogP contribution in [0.25, 0.3) is 0 Å². The molecule has 2 bridgehead atoms. The lowest BCUT2D eigenvalue weighted by atomic mass is 9.90. The number of nitrogens with one attached hydrogen (secondary N) is 2.